The van der Waals surface area contributed by atoms with Crippen LogP contribution in [-0.2, 0) is 16.0 Å². The van der Waals surface area contributed by atoms with Crippen LogP contribution in [-0.4, -0.2) is 85.6 Å². The molecule has 1 amide bonds. The summed E-state index contributed by atoms with van der Waals surface area (Å²) in [4.78, 5) is 31.5. The Balaban J connectivity index is 1.36. The van der Waals surface area contributed by atoms with E-state index >= 15 is 0 Å². The van der Waals surface area contributed by atoms with E-state index in [1.807, 2.05) is 56.8 Å². The van der Waals surface area contributed by atoms with Gasteiger partial charge in [0.05, 0.1) is 31.2 Å². The van der Waals surface area contributed by atoms with Crippen molar-refractivity contribution in [1.29, 1.82) is 0 Å². The third kappa shape index (κ3) is 8.75. The van der Waals surface area contributed by atoms with Crippen molar-refractivity contribution in [2.75, 3.05) is 47.9 Å². The predicted octanol–water partition coefficient (Wildman–Crippen LogP) is 7.81. The lowest BCUT2D eigenvalue weighted by molar-refractivity contribution is -0.180. The summed E-state index contributed by atoms with van der Waals surface area (Å²) in [5.41, 5.74) is 3.15. The Kier molecular flexibility index (Phi) is 12.7. The van der Waals surface area contributed by atoms with Gasteiger partial charge in [-0.25, -0.2) is 9.48 Å². The second kappa shape index (κ2) is 17.1. The van der Waals surface area contributed by atoms with Gasteiger partial charge >= 0.3 is 5.97 Å². The Morgan fingerprint density at radius 1 is 0.927 bits per heavy atom. The zero-order valence-electron chi connectivity index (χ0n) is 34.8. The molecule has 4 fully saturated rings. The van der Waals surface area contributed by atoms with E-state index in [-0.39, 0.29) is 35.3 Å². The van der Waals surface area contributed by atoms with Crippen molar-refractivity contribution < 1.29 is 23.8 Å². The largest absolute Gasteiger partial charge is 0.496 e. The molecule has 7 rings (SSSR count). The Labute approximate surface area is 329 Å². The van der Waals surface area contributed by atoms with Gasteiger partial charge in [-0.05, 0) is 177 Å². The fourth-order valence-corrected chi connectivity index (χ4v) is 9.85. The van der Waals surface area contributed by atoms with Gasteiger partial charge in [-0.3, -0.25) is 4.79 Å². The molecule has 1 aromatic heterocycles. The number of esters is 1. The third-order valence-electron chi connectivity index (χ3n) is 12.3. The summed E-state index contributed by atoms with van der Waals surface area (Å²) < 4.78 is 19.8. The number of amides is 1. The minimum Gasteiger partial charge on any atom is -0.496 e. The zero-order valence-corrected chi connectivity index (χ0v) is 34.8. The smallest absolute Gasteiger partial charge is 0.332 e. The average Bonchev–Trinajstić information content (AvgIpc) is 3.58. The third-order valence-corrected chi connectivity index (χ3v) is 12.3. The van der Waals surface area contributed by atoms with E-state index in [0.29, 0.717) is 34.6 Å². The number of aromatic nitrogens is 2. The minimum atomic E-state index is -1.09. The molecule has 1 heterocycles. The average molecular weight is 756 g/mol. The zero-order chi connectivity index (χ0) is 39.5. The van der Waals surface area contributed by atoms with E-state index in [1.54, 1.807) is 14.2 Å². The maximum Gasteiger partial charge on any atom is 0.332 e. The standard InChI is InChI=1S/C45H65N5O5/c1-29(2)35-27-30(14-10-11-20-49(7)21-13-19-46-6)17-18-37(35)50-38(41-39(53-8)15-12-16-40(41)54-9)28-36(48-50)42(51)47-45(43(52)55-44(3,4)5)33-23-31-22-32(25-33)26-34(45)24-31/h12,15-18,27-29,31-34,46H,10-11,13-14,19-26H2,1-9H3,(H,47,51). The SMILES string of the molecule is CNCCCN(C)CCCCc1ccc(-n2nc(C(=O)NC3(C(=O)OC(C)(C)C)C4CC5CC(C4)CC3C5)cc2-c2c(OC)cccc2OC)c(C(C)C)c1. The summed E-state index contributed by atoms with van der Waals surface area (Å²) >= 11 is 0. The molecule has 0 unspecified atom stereocenters. The Hall–Kier alpha value is -3.89. The van der Waals surface area contributed by atoms with Crippen LogP contribution in [0.15, 0.2) is 42.5 Å². The van der Waals surface area contributed by atoms with Gasteiger partial charge < -0.3 is 29.7 Å². The lowest BCUT2D eigenvalue weighted by atomic mass is 9.48. The molecule has 4 aliphatic carbocycles. The number of rotatable bonds is 17. The van der Waals surface area contributed by atoms with E-state index in [1.165, 1.54) is 12.0 Å². The molecule has 3 aromatic rings. The molecule has 0 atom stereocenters. The molecule has 0 saturated heterocycles. The fraction of sp³-hybridized carbons (Fsp3) is 0.622. The Bertz CT molecular complexity index is 1760. The van der Waals surface area contributed by atoms with Crippen molar-refractivity contribution in [1.82, 2.24) is 25.3 Å². The van der Waals surface area contributed by atoms with Crippen LogP contribution >= 0.6 is 0 Å². The number of carbonyl (C=O) groups excluding carboxylic acids is 2. The van der Waals surface area contributed by atoms with Gasteiger partial charge in [-0.15, -0.1) is 0 Å². The van der Waals surface area contributed by atoms with Gasteiger partial charge in [0, 0.05) is 0 Å². The van der Waals surface area contributed by atoms with E-state index < -0.39 is 11.1 Å². The topological polar surface area (TPSA) is 107 Å². The number of hydrogen-bond donors (Lipinski definition) is 2. The molecular weight excluding hydrogens is 691 g/mol. The maximum absolute atomic E-state index is 14.7. The van der Waals surface area contributed by atoms with Crippen molar-refractivity contribution >= 4 is 11.9 Å². The number of aryl methyl sites for hydroxylation is 1. The first kappa shape index (κ1) is 40.8. The van der Waals surface area contributed by atoms with Crippen LogP contribution in [0.2, 0.25) is 0 Å². The highest BCUT2D eigenvalue weighted by molar-refractivity contribution is 5.98. The van der Waals surface area contributed by atoms with E-state index in [2.05, 4.69) is 54.6 Å². The number of benzene rings is 2. The number of unbranched alkanes of at least 4 members (excludes halogenated alkanes) is 1. The van der Waals surface area contributed by atoms with Crippen LogP contribution in [0.4, 0.5) is 0 Å². The number of carbonyl (C=O) groups is 2. The van der Waals surface area contributed by atoms with Crippen molar-refractivity contribution in [3.05, 3.63) is 59.3 Å². The normalized spacial score (nSPS) is 23.0. The quantitative estimate of drug-likeness (QED) is 0.106. The molecule has 10 nitrogen and oxygen atoms in total. The molecule has 2 aromatic carbocycles. The van der Waals surface area contributed by atoms with Crippen molar-refractivity contribution in [2.24, 2.45) is 23.7 Å². The van der Waals surface area contributed by atoms with Crippen LogP contribution in [0.3, 0.4) is 0 Å². The Morgan fingerprint density at radius 2 is 1.56 bits per heavy atom. The summed E-state index contributed by atoms with van der Waals surface area (Å²) in [6.45, 7) is 13.3. The highest BCUT2D eigenvalue weighted by atomic mass is 16.6. The molecule has 0 radical (unpaired) electrons. The lowest BCUT2D eigenvalue weighted by Crippen LogP contribution is -2.71. The Morgan fingerprint density at radius 3 is 2.15 bits per heavy atom. The van der Waals surface area contributed by atoms with Gasteiger partial charge in [0.25, 0.3) is 5.91 Å². The van der Waals surface area contributed by atoms with Gasteiger partial charge in [-0.1, -0.05) is 32.0 Å². The molecule has 4 bridgehead atoms. The van der Waals surface area contributed by atoms with Gasteiger partial charge in [-0.2, -0.15) is 5.10 Å². The van der Waals surface area contributed by atoms with Crippen molar-refractivity contribution in [3.63, 3.8) is 0 Å². The molecule has 2 N–H and O–H groups in total. The first-order valence-electron chi connectivity index (χ1n) is 20.6. The summed E-state index contributed by atoms with van der Waals surface area (Å²) in [5.74, 6) is 2.00. The van der Waals surface area contributed by atoms with Gasteiger partial charge in [0.15, 0.2) is 5.69 Å². The minimum absolute atomic E-state index is 0.0391. The second-order valence-electron chi connectivity index (χ2n) is 17.8. The van der Waals surface area contributed by atoms with Crippen molar-refractivity contribution in [3.8, 4) is 28.4 Å². The van der Waals surface area contributed by atoms with Gasteiger partial charge in [0.1, 0.15) is 22.6 Å². The van der Waals surface area contributed by atoms with Gasteiger partial charge in [0.2, 0.25) is 0 Å². The highest BCUT2D eigenvalue weighted by Crippen LogP contribution is 2.59. The molecule has 4 saturated carbocycles. The van der Waals surface area contributed by atoms with Crippen LogP contribution in [0.1, 0.15) is 114 Å². The first-order valence-corrected chi connectivity index (χ1v) is 20.6. The molecule has 300 valence electrons. The summed E-state index contributed by atoms with van der Waals surface area (Å²) in [5, 5.41) is 11.7. The molecular formula is C45H65N5O5. The van der Waals surface area contributed by atoms with E-state index in [9.17, 15) is 9.59 Å². The van der Waals surface area contributed by atoms with Crippen LogP contribution in [0, 0.1) is 23.7 Å². The summed E-state index contributed by atoms with van der Waals surface area (Å²) in [6, 6.07) is 14.1. The molecule has 4 aliphatic rings. The molecule has 10 heteroatoms. The van der Waals surface area contributed by atoms with Crippen LogP contribution in [0.25, 0.3) is 16.9 Å². The molecule has 0 spiro atoms. The number of hydrogen-bond acceptors (Lipinski definition) is 8. The number of ether oxygens (including phenoxy) is 3. The summed E-state index contributed by atoms with van der Waals surface area (Å²) in [7, 11) is 7.48. The summed E-state index contributed by atoms with van der Waals surface area (Å²) in [6.07, 6.45) is 9.34. The van der Waals surface area contributed by atoms with E-state index in [4.69, 9.17) is 19.3 Å². The lowest BCUT2D eigenvalue weighted by Gasteiger charge is -2.59. The van der Waals surface area contributed by atoms with Crippen LogP contribution < -0.4 is 20.1 Å². The van der Waals surface area contributed by atoms with Crippen LogP contribution in [0.5, 0.6) is 11.5 Å². The molecule has 55 heavy (non-hydrogen) atoms. The second-order valence-corrected chi connectivity index (χ2v) is 17.8. The molecule has 0 aliphatic heterocycles. The number of nitrogens with one attached hydrogen (secondary N) is 2. The first-order chi connectivity index (χ1) is 26.3. The fourth-order valence-electron chi connectivity index (χ4n) is 9.85. The monoisotopic (exact) mass is 755 g/mol. The predicted molar refractivity (Wildman–Crippen MR) is 218 cm³/mol. The number of methoxy groups -OCH3 is 2. The number of nitrogens with zero attached hydrogens (tertiary/aromatic N) is 3. The maximum atomic E-state index is 14.7. The van der Waals surface area contributed by atoms with Crippen molar-refractivity contribution in [2.45, 2.75) is 109 Å². The van der Waals surface area contributed by atoms with E-state index in [0.717, 1.165) is 82.3 Å². The highest BCUT2D eigenvalue weighted by Gasteiger charge is 2.63.